The van der Waals surface area contributed by atoms with E-state index in [1.807, 2.05) is 19.1 Å². The third kappa shape index (κ3) is 3.95. The first-order valence-corrected chi connectivity index (χ1v) is 10.1. The Balaban J connectivity index is 1.51. The molecule has 0 saturated carbocycles. The average Bonchev–Trinajstić information content (AvgIpc) is 3.04. The van der Waals surface area contributed by atoms with E-state index in [4.69, 9.17) is 17.0 Å². The number of anilines is 2. The van der Waals surface area contributed by atoms with Crippen molar-refractivity contribution in [1.82, 2.24) is 5.32 Å². The van der Waals surface area contributed by atoms with Gasteiger partial charge in [0.1, 0.15) is 5.75 Å². The predicted octanol–water partition coefficient (Wildman–Crippen LogP) is 3.93. The molecule has 1 heterocycles. The van der Waals surface area contributed by atoms with Gasteiger partial charge >= 0.3 is 0 Å². The molecule has 7 nitrogen and oxygen atoms in total. The predicted molar refractivity (Wildman–Crippen MR) is 125 cm³/mol. The molecule has 160 valence electrons. The number of amides is 3. The number of nitrogens with zero attached hydrogens (tertiary/aromatic N) is 1. The van der Waals surface area contributed by atoms with Crippen LogP contribution in [0.4, 0.5) is 11.4 Å². The van der Waals surface area contributed by atoms with Gasteiger partial charge in [0.2, 0.25) is 0 Å². The first-order valence-electron chi connectivity index (χ1n) is 9.74. The summed E-state index contributed by atoms with van der Waals surface area (Å²) in [4.78, 5) is 39.0. The van der Waals surface area contributed by atoms with Gasteiger partial charge in [0, 0.05) is 17.3 Å². The summed E-state index contributed by atoms with van der Waals surface area (Å²) in [5, 5.41) is 5.64. The second kappa shape index (κ2) is 8.60. The van der Waals surface area contributed by atoms with Crippen molar-refractivity contribution in [3.05, 3.63) is 89.0 Å². The standard InChI is InChI=1S/C24H19N3O4S/c1-14-7-9-15(10-8-14)21(28)26-24(32)25-16-11-12-19(20(13-16)31-2)27-22(29)17-5-3-4-6-18(17)23(27)30/h3-13H,1-2H3,(H2,25,26,28,32). The van der Waals surface area contributed by atoms with E-state index in [0.29, 0.717) is 33.8 Å². The summed E-state index contributed by atoms with van der Waals surface area (Å²) < 4.78 is 5.42. The van der Waals surface area contributed by atoms with Crippen LogP contribution < -0.4 is 20.3 Å². The number of nitrogens with one attached hydrogen (secondary N) is 2. The number of aryl methyl sites for hydroxylation is 1. The zero-order valence-electron chi connectivity index (χ0n) is 17.3. The Bertz CT molecular complexity index is 1220. The Kier molecular flexibility index (Phi) is 5.70. The zero-order valence-corrected chi connectivity index (χ0v) is 18.2. The van der Waals surface area contributed by atoms with Crippen LogP contribution in [0, 0.1) is 6.92 Å². The molecule has 8 heteroatoms. The van der Waals surface area contributed by atoms with Gasteiger partial charge < -0.3 is 10.1 Å². The summed E-state index contributed by atoms with van der Waals surface area (Å²) >= 11 is 5.24. The Morgan fingerprint density at radius 3 is 2.16 bits per heavy atom. The number of benzene rings is 3. The van der Waals surface area contributed by atoms with E-state index in [9.17, 15) is 14.4 Å². The van der Waals surface area contributed by atoms with Crippen molar-refractivity contribution in [3.8, 4) is 5.75 Å². The van der Waals surface area contributed by atoms with Gasteiger partial charge in [-0.1, -0.05) is 29.8 Å². The molecule has 3 aromatic rings. The molecule has 2 N–H and O–H groups in total. The van der Waals surface area contributed by atoms with Gasteiger partial charge in [-0.3, -0.25) is 19.7 Å². The van der Waals surface area contributed by atoms with E-state index in [2.05, 4.69) is 10.6 Å². The Hall–Kier alpha value is -4.04. The van der Waals surface area contributed by atoms with Crippen molar-refractivity contribution < 1.29 is 19.1 Å². The molecule has 0 spiro atoms. The fourth-order valence-corrected chi connectivity index (χ4v) is 3.60. The summed E-state index contributed by atoms with van der Waals surface area (Å²) in [7, 11) is 1.44. The highest BCUT2D eigenvalue weighted by Gasteiger charge is 2.37. The molecular formula is C24H19N3O4S. The maximum atomic E-state index is 12.8. The van der Waals surface area contributed by atoms with Gasteiger partial charge in [-0.25, -0.2) is 4.90 Å². The number of rotatable bonds is 4. The van der Waals surface area contributed by atoms with Crippen molar-refractivity contribution in [2.75, 3.05) is 17.3 Å². The van der Waals surface area contributed by atoms with Crippen LogP contribution in [0.15, 0.2) is 66.7 Å². The lowest BCUT2D eigenvalue weighted by Gasteiger charge is -2.19. The molecule has 3 amide bonds. The molecule has 0 fully saturated rings. The average molecular weight is 446 g/mol. The molecule has 32 heavy (non-hydrogen) atoms. The van der Waals surface area contributed by atoms with Crippen LogP contribution >= 0.6 is 12.2 Å². The van der Waals surface area contributed by atoms with E-state index in [1.54, 1.807) is 54.6 Å². The molecule has 0 saturated heterocycles. The summed E-state index contributed by atoms with van der Waals surface area (Å²) in [5.41, 5.74) is 3.07. The number of ether oxygens (including phenoxy) is 1. The van der Waals surface area contributed by atoms with Crippen molar-refractivity contribution >= 4 is 46.4 Å². The molecule has 0 radical (unpaired) electrons. The molecular weight excluding hydrogens is 426 g/mol. The smallest absolute Gasteiger partial charge is 0.266 e. The minimum atomic E-state index is -0.412. The molecule has 1 aliphatic rings. The Morgan fingerprint density at radius 1 is 0.938 bits per heavy atom. The molecule has 4 rings (SSSR count). The monoisotopic (exact) mass is 445 g/mol. The van der Waals surface area contributed by atoms with Crippen LogP contribution in [0.1, 0.15) is 36.6 Å². The fraction of sp³-hybridized carbons (Fsp3) is 0.0833. The summed E-state index contributed by atoms with van der Waals surface area (Å²) in [6.45, 7) is 1.94. The van der Waals surface area contributed by atoms with Crippen LogP contribution in [0.25, 0.3) is 0 Å². The highest BCUT2D eigenvalue weighted by Crippen LogP contribution is 2.36. The third-order valence-corrected chi connectivity index (χ3v) is 5.22. The number of hydrogen-bond donors (Lipinski definition) is 2. The van der Waals surface area contributed by atoms with Crippen LogP contribution in [0.2, 0.25) is 0 Å². The molecule has 0 unspecified atom stereocenters. The molecule has 0 bridgehead atoms. The minimum Gasteiger partial charge on any atom is -0.494 e. The maximum Gasteiger partial charge on any atom is 0.266 e. The SMILES string of the molecule is COc1cc(NC(=S)NC(=O)c2ccc(C)cc2)ccc1N1C(=O)c2ccccc2C1=O. The maximum absolute atomic E-state index is 12.8. The van der Waals surface area contributed by atoms with Gasteiger partial charge in [0.05, 0.1) is 23.9 Å². The second-order valence-corrected chi connectivity index (χ2v) is 7.56. The molecule has 1 aliphatic heterocycles. The third-order valence-electron chi connectivity index (χ3n) is 5.01. The van der Waals surface area contributed by atoms with E-state index in [1.165, 1.54) is 7.11 Å². The first kappa shape index (κ1) is 21.2. The largest absolute Gasteiger partial charge is 0.494 e. The number of methoxy groups -OCH3 is 1. The van der Waals surface area contributed by atoms with Crippen LogP contribution in [0.5, 0.6) is 5.75 Å². The number of thiocarbonyl (C=S) groups is 1. The van der Waals surface area contributed by atoms with Crippen LogP contribution in [0.3, 0.4) is 0 Å². The topological polar surface area (TPSA) is 87.7 Å². The number of fused-ring (bicyclic) bond motifs is 1. The number of carbonyl (C=O) groups is 3. The number of imide groups is 1. The normalized spacial score (nSPS) is 12.4. The molecule has 0 aromatic heterocycles. The van der Waals surface area contributed by atoms with Gasteiger partial charge in [0.15, 0.2) is 5.11 Å². The Labute approximate surface area is 190 Å². The van der Waals surface area contributed by atoms with E-state index < -0.39 is 11.8 Å². The number of hydrogen-bond acceptors (Lipinski definition) is 5. The van der Waals surface area contributed by atoms with Crippen molar-refractivity contribution in [2.45, 2.75) is 6.92 Å². The minimum absolute atomic E-state index is 0.103. The summed E-state index contributed by atoms with van der Waals surface area (Å²) in [5.74, 6) is -0.856. The fourth-order valence-electron chi connectivity index (χ4n) is 3.39. The van der Waals surface area contributed by atoms with Gasteiger partial charge in [-0.2, -0.15) is 0 Å². The van der Waals surface area contributed by atoms with E-state index in [0.717, 1.165) is 10.5 Å². The zero-order chi connectivity index (χ0) is 22.8. The van der Waals surface area contributed by atoms with Gasteiger partial charge in [-0.15, -0.1) is 0 Å². The van der Waals surface area contributed by atoms with Crippen molar-refractivity contribution in [2.24, 2.45) is 0 Å². The van der Waals surface area contributed by atoms with E-state index in [-0.39, 0.29) is 11.0 Å². The summed E-state index contributed by atoms with van der Waals surface area (Å²) in [6.07, 6.45) is 0. The molecule has 3 aromatic carbocycles. The van der Waals surface area contributed by atoms with Gasteiger partial charge in [-0.05, 0) is 55.5 Å². The quantitative estimate of drug-likeness (QED) is 0.467. The lowest BCUT2D eigenvalue weighted by Crippen LogP contribution is -2.34. The lowest BCUT2D eigenvalue weighted by atomic mass is 10.1. The highest BCUT2D eigenvalue weighted by atomic mass is 32.1. The molecule has 0 aliphatic carbocycles. The first-order chi connectivity index (χ1) is 15.4. The highest BCUT2D eigenvalue weighted by molar-refractivity contribution is 7.80. The van der Waals surface area contributed by atoms with E-state index >= 15 is 0 Å². The Morgan fingerprint density at radius 2 is 1.56 bits per heavy atom. The van der Waals surface area contributed by atoms with Crippen LogP contribution in [-0.2, 0) is 0 Å². The van der Waals surface area contributed by atoms with Crippen molar-refractivity contribution in [1.29, 1.82) is 0 Å². The molecule has 0 atom stereocenters. The van der Waals surface area contributed by atoms with Gasteiger partial charge in [0.25, 0.3) is 17.7 Å². The lowest BCUT2D eigenvalue weighted by molar-refractivity contribution is 0.0922. The van der Waals surface area contributed by atoms with Crippen molar-refractivity contribution in [3.63, 3.8) is 0 Å². The second-order valence-electron chi connectivity index (χ2n) is 7.15. The van der Waals surface area contributed by atoms with Crippen LogP contribution in [-0.4, -0.2) is 29.9 Å². The number of carbonyl (C=O) groups excluding carboxylic acids is 3. The summed E-state index contributed by atoms with van der Waals surface area (Å²) in [6, 6.07) is 18.6.